The zero-order chi connectivity index (χ0) is 11.3. The molecule has 2 unspecified atom stereocenters. The van der Waals surface area contributed by atoms with Gasteiger partial charge in [0.15, 0.2) is 0 Å². The van der Waals surface area contributed by atoms with Crippen LogP contribution in [0, 0.1) is 6.92 Å². The van der Waals surface area contributed by atoms with E-state index in [2.05, 4.69) is 31.1 Å². The van der Waals surface area contributed by atoms with Gasteiger partial charge in [0.05, 0.1) is 6.10 Å². The van der Waals surface area contributed by atoms with Gasteiger partial charge in [-0.25, -0.2) is 0 Å². The normalized spacial score (nSPS) is 14.9. The fourth-order valence-electron chi connectivity index (χ4n) is 1.32. The van der Waals surface area contributed by atoms with Crippen molar-refractivity contribution in [3.63, 3.8) is 0 Å². The summed E-state index contributed by atoms with van der Waals surface area (Å²) in [4.78, 5) is 4.12. The van der Waals surface area contributed by atoms with Gasteiger partial charge in [0.25, 0.3) is 0 Å². The van der Waals surface area contributed by atoms with Crippen LogP contribution in [0.3, 0.4) is 0 Å². The first-order valence-corrected chi connectivity index (χ1v) is 5.30. The van der Waals surface area contributed by atoms with Crippen molar-refractivity contribution in [3.8, 4) is 0 Å². The number of hydrogen-bond donors (Lipinski definition) is 1. The van der Waals surface area contributed by atoms with E-state index < -0.39 is 0 Å². The number of nitrogens with zero attached hydrogens (tertiary/aromatic N) is 1. The Kier molecular flexibility index (Phi) is 4.72. The van der Waals surface area contributed by atoms with Gasteiger partial charge in [0.2, 0.25) is 0 Å². The van der Waals surface area contributed by atoms with Crippen LogP contribution in [-0.4, -0.2) is 24.2 Å². The Morgan fingerprint density at radius 3 is 2.80 bits per heavy atom. The van der Waals surface area contributed by atoms with E-state index >= 15 is 0 Å². The van der Waals surface area contributed by atoms with Crippen molar-refractivity contribution in [2.75, 3.05) is 7.11 Å². The van der Waals surface area contributed by atoms with Crippen molar-refractivity contribution in [3.05, 3.63) is 29.6 Å². The van der Waals surface area contributed by atoms with Gasteiger partial charge in [-0.3, -0.25) is 4.98 Å². The molecule has 1 N–H and O–H groups in total. The molecule has 0 aromatic carbocycles. The number of rotatable bonds is 5. The van der Waals surface area contributed by atoms with Crippen molar-refractivity contribution in [2.24, 2.45) is 0 Å². The van der Waals surface area contributed by atoms with Crippen molar-refractivity contribution in [2.45, 2.75) is 39.5 Å². The highest BCUT2D eigenvalue weighted by atomic mass is 16.5. The Hall–Kier alpha value is -0.930. The summed E-state index contributed by atoms with van der Waals surface area (Å²) in [5, 5.41) is 3.43. The fraction of sp³-hybridized carbons (Fsp3) is 0.583. The average Bonchev–Trinajstić information content (AvgIpc) is 2.26. The van der Waals surface area contributed by atoms with Crippen molar-refractivity contribution >= 4 is 0 Å². The van der Waals surface area contributed by atoms with Gasteiger partial charge < -0.3 is 10.1 Å². The molecule has 0 aliphatic carbocycles. The summed E-state index contributed by atoms with van der Waals surface area (Å²) in [5.41, 5.74) is 2.52. The Bertz CT molecular complexity index is 301. The molecule has 0 aliphatic rings. The third-order valence-corrected chi connectivity index (χ3v) is 2.84. The van der Waals surface area contributed by atoms with E-state index in [4.69, 9.17) is 4.74 Å². The van der Waals surface area contributed by atoms with Gasteiger partial charge in [0.1, 0.15) is 0 Å². The summed E-state index contributed by atoms with van der Waals surface area (Å²) in [6.45, 7) is 7.13. The van der Waals surface area contributed by atoms with Crippen LogP contribution < -0.4 is 5.32 Å². The first-order chi connectivity index (χ1) is 7.15. The molecule has 3 nitrogen and oxygen atoms in total. The molecule has 0 saturated heterocycles. The minimum absolute atomic E-state index is 0.224. The quantitative estimate of drug-likeness (QED) is 0.802. The average molecular weight is 208 g/mol. The lowest BCUT2D eigenvalue weighted by Gasteiger charge is -2.20. The van der Waals surface area contributed by atoms with Crippen LogP contribution in [-0.2, 0) is 11.3 Å². The number of methoxy groups -OCH3 is 1. The topological polar surface area (TPSA) is 34.1 Å². The third-order valence-electron chi connectivity index (χ3n) is 2.84. The molecule has 0 bridgehead atoms. The molecule has 1 rings (SSSR count). The molecular formula is C12H20N2O. The van der Waals surface area contributed by atoms with Crippen molar-refractivity contribution in [1.82, 2.24) is 10.3 Å². The van der Waals surface area contributed by atoms with E-state index in [0.29, 0.717) is 6.04 Å². The zero-order valence-corrected chi connectivity index (χ0v) is 9.95. The van der Waals surface area contributed by atoms with Crippen LogP contribution in [0.4, 0.5) is 0 Å². The highest BCUT2D eigenvalue weighted by Gasteiger charge is 2.10. The van der Waals surface area contributed by atoms with E-state index in [1.165, 1.54) is 11.1 Å². The molecule has 1 aromatic heterocycles. The molecule has 2 atom stereocenters. The predicted molar refractivity (Wildman–Crippen MR) is 61.7 cm³/mol. The lowest BCUT2D eigenvalue weighted by molar-refractivity contribution is 0.0882. The van der Waals surface area contributed by atoms with E-state index in [9.17, 15) is 0 Å². The maximum Gasteiger partial charge on any atom is 0.0693 e. The molecule has 15 heavy (non-hydrogen) atoms. The second kappa shape index (κ2) is 5.83. The van der Waals surface area contributed by atoms with Crippen molar-refractivity contribution < 1.29 is 4.74 Å². The lowest BCUT2D eigenvalue weighted by atomic mass is 10.1. The van der Waals surface area contributed by atoms with Crippen molar-refractivity contribution in [1.29, 1.82) is 0 Å². The molecule has 1 aromatic rings. The third kappa shape index (κ3) is 3.61. The van der Waals surface area contributed by atoms with Gasteiger partial charge in [-0.15, -0.1) is 0 Å². The minimum Gasteiger partial charge on any atom is -0.380 e. The maximum absolute atomic E-state index is 5.25. The van der Waals surface area contributed by atoms with E-state index in [0.717, 1.165) is 6.54 Å². The standard InChI is InChI=1S/C12H20N2O/c1-9-5-6-13-7-12(9)8-14-10(2)11(3)15-4/h5-7,10-11,14H,8H2,1-4H3. The van der Waals surface area contributed by atoms with Crippen LogP contribution in [0.1, 0.15) is 25.0 Å². The zero-order valence-electron chi connectivity index (χ0n) is 9.95. The maximum atomic E-state index is 5.25. The molecule has 0 aliphatic heterocycles. The summed E-state index contributed by atoms with van der Waals surface area (Å²) in [6, 6.07) is 2.37. The summed E-state index contributed by atoms with van der Waals surface area (Å²) in [6.07, 6.45) is 3.95. The van der Waals surface area contributed by atoms with E-state index in [1.54, 1.807) is 7.11 Å². The molecule has 0 spiro atoms. The SMILES string of the molecule is COC(C)C(C)NCc1cnccc1C. The highest BCUT2D eigenvalue weighted by molar-refractivity contribution is 5.21. The first kappa shape index (κ1) is 12.1. The number of aromatic nitrogens is 1. The van der Waals surface area contributed by atoms with Crippen LogP contribution in [0.2, 0.25) is 0 Å². The Morgan fingerprint density at radius 2 is 2.20 bits per heavy atom. The molecule has 84 valence electrons. The summed E-state index contributed by atoms with van der Waals surface area (Å²) in [5.74, 6) is 0. The fourth-order valence-corrected chi connectivity index (χ4v) is 1.32. The Labute approximate surface area is 91.9 Å². The molecule has 1 heterocycles. The second-order valence-corrected chi connectivity index (χ2v) is 3.91. The number of ether oxygens (including phenoxy) is 1. The molecular weight excluding hydrogens is 188 g/mol. The molecule has 0 fully saturated rings. The lowest BCUT2D eigenvalue weighted by Crippen LogP contribution is -2.36. The van der Waals surface area contributed by atoms with Crippen LogP contribution in [0.5, 0.6) is 0 Å². The molecule has 0 saturated carbocycles. The van der Waals surface area contributed by atoms with E-state index in [-0.39, 0.29) is 6.10 Å². The van der Waals surface area contributed by atoms with Gasteiger partial charge in [-0.1, -0.05) is 0 Å². The highest BCUT2D eigenvalue weighted by Crippen LogP contribution is 2.05. The van der Waals surface area contributed by atoms with Gasteiger partial charge in [-0.05, 0) is 38.0 Å². The molecule has 0 radical (unpaired) electrons. The Morgan fingerprint density at radius 1 is 1.47 bits per heavy atom. The van der Waals surface area contributed by atoms with Crippen LogP contribution >= 0.6 is 0 Å². The summed E-state index contributed by atoms with van der Waals surface area (Å²) in [7, 11) is 1.73. The number of nitrogens with one attached hydrogen (secondary N) is 1. The van der Waals surface area contributed by atoms with Gasteiger partial charge in [-0.2, -0.15) is 0 Å². The summed E-state index contributed by atoms with van der Waals surface area (Å²) < 4.78 is 5.25. The molecule has 3 heteroatoms. The van der Waals surface area contributed by atoms with Crippen LogP contribution in [0.15, 0.2) is 18.5 Å². The number of aryl methyl sites for hydroxylation is 1. The predicted octanol–water partition coefficient (Wildman–Crippen LogP) is 1.90. The number of pyridine rings is 1. The monoisotopic (exact) mass is 208 g/mol. The summed E-state index contributed by atoms with van der Waals surface area (Å²) >= 11 is 0. The largest absolute Gasteiger partial charge is 0.380 e. The first-order valence-electron chi connectivity index (χ1n) is 5.30. The second-order valence-electron chi connectivity index (χ2n) is 3.91. The molecule has 0 amide bonds. The van der Waals surface area contributed by atoms with Gasteiger partial charge in [0, 0.05) is 32.1 Å². The smallest absolute Gasteiger partial charge is 0.0693 e. The number of hydrogen-bond acceptors (Lipinski definition) is 3. The van der Waals surface area contributed by atoms with Crippen LogP contribution in [0.25, 0.3) is 0 Å². The minimum atomic E-state index is 0.224. The Balaban J connectivity index is 2.47. The van der Waals surface area contributed by atoms with Gasteiger partial charge >= 0.3 is 0 Å². The van der Waals surface area contributed by atoms with E-state index in [1.807, 2.05) is 18.5 Å².